The molecule has 0 aliphatic heterocycles. The number of carbonyl (C=O) groups is 2. The number of rotatable bonds is 9. The minimum absolute atomic E-state index is 0.188. The van der Waals surface area contributed by atoms with Gasteiger partial charge in [0.1, 0.15) is 5.54 Å². The summed E-state index contributed by atoms with van der Waals surface area (Å²) in [7, 11) is 0. The molecular weight excluding hydrogens is 232 g/mol. The molecule has 106 valence electrons. The van der Waals surface area contributed by atoms with Crippen molar-refractivity contribution < 1.29 is 14.7 Å². The molecule has 0 aromatic rings. The van der Waals surface area contributed by atoms with Gasteiger partial charge in [0.25, 0.3) is 0 Å². The first kappa shape index (κ1) is 16.9. The molecule has 0 heterocycles. The molecule has 0 spiro atoms. The molecule has 0 atom stereocenters. The van der Waals surface area contributed by atoms with Crippen molar-refractivity contribution >= 4 is 11.9 Å². The van der Waals surface area contributed by atoms with Crippen LogP contribution in [0.5, 0.6) is 0 Å². The van der Waals surface area contributed by atoms with Crippen LogP contribution in [0.2, 0.25) is 0 Å². The van der Waals surface area contributed by atoms with Crippen molar-refractivity contribution in [2.24, 2.45) is 0 Å². The van der Waals surface area contributed by atoms with E-state index < -0.39 is 11.5 Å². The van der Waals surface area contributed by atoms with Crippen LogP contribution in [-0.2, 0) is 9.59 Å². The minimum atomic E-state index is -1.11. The molecule has 0 radical (unpaired) electrons. The molecule has 0 fully saturated rings. The molecule has 0 aliphatic carbocycles. The van der Waals surface area contributed by atoms with Crippen LogP contribution in [-0.4, -0.2) is 35.1 Å². The van der Waals surface area contributed by atoms with Gasteiger partial charge in [-0.15, -0.1) is 0 Å². The molecule has 0 aliphatic rings. The van der Waals surface area contributed by atoms with Gasteiger partial charge >= 0.3 is 5.97 Å². The van der Waals surface area contributed by atoms with E-state index >= 15 is 0 Å². The third-order valence-corrected chi connectivity index (χ3v) is 3.13. The third kappa shape index (κ3) is 5.49. The highest BCUT2D eigenvalue weighted by atomic mass is 16.4. The fraction of sp³-hybridized carbons (Fsp3) is 0.846. The Balaban J connectivity index is 4.16. The Hall–Kier alpha value is -1.10. The van der Waals surface area contributed by atoms with E-state index in [0.717, 1.165) is 6.54 Å². The molecule has 0 saturated heterocycles. The molecule has 0 aromatic heterocycles. The van der Waals surface area contributed by atoms with E-state index in [1.807, 2.05) is 13.8 Å². The van der Waals surface area contributed by atoms with Crippen LogP contribution in [0.25, 0.3) is 0 Å². The van der Waals surface area contributed by atoms with Crippen molar-refractivity contribution in [3.05, 3.63) is 0 Å². The monoisotopic (exact) mass is 258 g/mol. The van der Waals surface area contributed by atoms with E-state index in [1.165, 1.54) is 0 Å². The summed E-state index contributed by atoms with van der Waals surface area (Å²) < 4.78 is 0. The fourth-order valence-corrected chi connectivity index (χ4v) is 1.75. The highest BCUT2D eigenvalue weighted by Gasteiger charge is 2.35. The lowest BCUT2D eigenvalue weighted by atomic mass is 9.92. The highest BCUT2D eigenvalue weighted by Crippen LogP contribution is 2.15. The minimum Gasteiger partial charge on any atom is -0.480 e. The van der Waals surface area contributed by atoms with E-state index in [-0.39, 0.29) is 5.91 Å². The van der Waals surface area contributed by atoms with Crippen LogP contribution in [0.1, 0.15) is 53.4 Å². The van der Waals surface area contributed by atoms with Crippen LogP contribution < -0.4 is 10.6 Å². The van der Waals surface area contributed by atoms with Gasteiger partial charge in [0.05, 0.1) is 0 Å². The van der Waals surface area contributed by atoms with Gasteiger partial charge in [0, 0.05) is 12.5 Å². The lowest BCUT2D eigenvalue weighted by Crippen LogP contribution is -2.53. The Morgan fingerprint density at radius 1 is 1.22 bits per heavy atom. The van der Waals surface area contributed by atoms with Gasteiger partial charge in [0.2, 0.25) is 5.91 Å². The quantitative estimate of drug-likeness (QED) is 0.548. The van der Waals surface area contributed by atoms with E-state index in [1.54, 1.807) is 13.8 Å². The second-order valence-corrected chi connectivity index (χ2v) is 4.85. The summed E-state index contributed by atoms with van der Waals surface area (Å²) in [5.41, 5.74) is -1.11. The first-order chi connectivity index (χ1) is 8.38. The lowest BCUT2D eigenvalue weighted by molar-refractivity contribution is -0.148. The molecule has 5 heteroatoms. The van der Waals surface area contributed by atoms with E-state index in [0.29, 0.717) is 31.7 Å². The van der Waals surface area contributed by atoms with Gasteiger partial charge in [-0.3, -0.25) is 4.79 Å². The Kier molecular flexibility index (Phi) is 7.59. The van der Waals surface area contributed by atoms with Crippen LogP contribution in [0.4, 0.5) is 0 Å². The number of carboxylic acid groups (broad SMARTS) is 1. The zero-order chi connectivity index (χ0) is 14.2. The Labute approximate surface area is 109 Å². The van der Waals surface area contributed by atoms with Gasteiger partial charge in [-0.25, -0.2) is 4.79 Å². The maximum absolute atomic E-state index is 11.7. The van der Waals surface area contributed by atoms with Gasteiger partial charge in [-0.1, -0.05) is 27.7 Å². The van der Waals surface area contributed by atoms with Gasteiger partial charge in [-0.2, -0.15) is 0 Å². The van der Waals surface area contributed by atoms with Gasteiger partial charge in [0.15, 0.2) is 0 Å². The van der Waals surface area contributed by atoms with Crippen LogP contribution in [0.3, 0.4) is 0 Å². The van der Waals surface area contributed by atoms with E-state index in [2.05, 4.69) is 10.6 Å². The lowest BCUT2D eigenvalue weighted by Gasteiger charge is -2.28. The number of hydrogen-bond acceptors (Lipinski definition) is 3. The predicted octanol–water partition coefficient (Wildman–Crippen LogP) is 1.52. The van der Waals surface area contributed by atoms with Crippen LogP contribution in [0.15, 0.2) is 0 Å². The summed E-state index contributed by atoms with van der Waals surface area (Å²) in [4.78, 5) is 22.9. The maximum atomic E-state index is 11.7. The second-order valence-electron chi connectivity index (χ2n) is 4.85. The first-order valence-electron chi connectivity index (χ1n) is 6.65. The predicted molar refractivity (Wildman–Crippen MR) is 71.5 cm³/mol. The standard InChI is InChI=1S/C13H26N2O3/c1-5-13(6-2,12(17)18)15-11(16)8-7-9-14-10(3)4/h10,14H,5-9H2,1-4H3,(H,15,16)(H,17,18). The number of carbonyl (C=O) groups excluding carboxylic acids is 1. The molecule has 0 unspecified atom stereocenters. The molecular formula is C13H26N2O3. The Bertz CT molecular complexity index is 273. The number of aliphatic carboxylic acids is 1. The average Bonchev–Trinajstić information content (AvgIpc) is 2.31. The smallest absolute Gasteiger partial charge is 0.329 e. The summed E-state index contributed by atoms with van der Waals surface area (Å²) in [6, 6.07) is 0.400. The van der Waals surface area contributed by atoms with Gasteiger partial charge in [-0.05, 0) is 25.8 Å². The Morgan fingerprint density at radius 2 is 1.78 bits per heavy atom. The van der Waals surface area contributed by atoms with E-state index in [4.69, 9.17) is 0 Å². The number of hydrogen-bond donors (Lipinski definition) is 3. The molecule has 0 rings (SSSR count). The topological polar surface area (TPSA) is 78.4 Å². The summed E-state index contributed by atoms with van der Waals surface area (Å²) >= 11 is 0. The summed E-state index contributed by atoms with van der Waals surface area (Å²) in [6.07, 6.45) is 1.87. The van der Waals surface area contributed by atoms with Crippen LogP contribution >= 0.6 is 0 Å². The van der Waals surface area contributed by atoms with Gasteiger partial charge < -0.3 is 15.7 Å². The normalized spacial score (nSPS) is 11.6. The zero-order valence-electron chi connectivity index (χ0n) is 11.9. The Morgan fingerprint density at radius 3 is 2.17 bits per heavy atom. The van der Waals surface area contributed by atoms with E-state index in [9.17, 15) is 14.7 Å². The van der Waals surface area contributed by atoms with Crippen molar-refractivity contribution in [2.45, 2.75) is 65.0 Å². The summed E-state index contributed by atoms with van der Waals surface area (Å²) in [5, 5.41) is 15.1. The highest BCUT2D eigenvalue weighted by molar-refractivity contribution is 5.86. The number of amides is 1. The number of carboxylic acids is 1. The molecule has 3 N–H and O–H groups in total. The van der Waals surface area contributed by atoms with Crippen molar-refractivity contribution in [1.82, 2.24) is 10.6 Å². The average molecular weight is 258 g/mol. The molecule has 0 aromatic carbocycles. The maximum Gasteiger partial charge on any atom is 0.329 e. The summed E-state index contributed by atoms with van der Waals surface area (Å²) in [6.45, 7) is 8.41. The van der Waals surface area contributed by atoms with Crippen molar-refractivity contribution in [2.75, 3.05) is 6.54 Å². The second kappa shape index (κ2) is 8.08. The zero-order valence-corrected chi connectivity index (χ0v) is 11.9. The largest absolute Gasteiger partial charge is 0.480 e. The SMILES string of the molecule is CCC(CC)(NC(=O)CCCNC(C)C)C(=O)O. The summed E-state index contributed by atoms with van der Waals surface area (Å²) in [5.74, 6) is -1.15. The van der Waals surface area contributed by atoms with Crippen molar-refractivity contribution in [3.8, 4) is 0 Å². The molecule has 1 amide bonds. The fourth-order valence-electron chi connectivity index (χ4n) is 1.75. The molecule has 5 nitrogen and oxygen atoms in total. The van der Waals surface area contributed by atoms with Crippen LogP contribution in [0, 0.1) is 0 Å². The molecule has 0 saturated carbocycles. The third-order valence-electron chi connectivity index (χ3n) is 3.13. The first-order valence-corrected chi connectivity index (χ1v) is 6.65. The molecule has 0 bridgehead atoms. The van der Waals surface area contributed by atoms with Crippen molar-refractivity contribution in [3.63, 3.8) is 0 Å². The molecule has 18 heavy (non-hydrogen) atoms. The number of nitrogens with one attached hydrogen (secondary N) is 2. The van der Waals surface area contributed by atoms with Crippen molar-refractivity contribution in [1.29, 1.82) is 0 Å².